The van der Waals surface area contributed by atoms with Gasteiger partial charge in [-0.2, -0.15) is 12.6 Å². The van der Waals surface area contributed by atoms with E-state index in [-0.39, 0.29) is 16.4 Å². The second kappa shape index (κ2) is 7.92. The summed E-state index contributed by atoms with van der Waals surface area (Å²) in [5, 5.41) is 3.45. The lowest BCUT2D eigenvalue weighted by Gasteiger charge is -2.38. The maximum atomic E-state index is 12.5. The molecule has 0 aromatic carbocycles. The number of thiol groups is 1. The molecule has 2 rings (SSSR count). The molecule has 1 aliphatic carbocycles. The van der Waals surface area contributed by atoms with Crippen molar-refractivity contribution in [3.63, 3.8) is 0 Å². The lowest BCUT2D eigenvalue weighted by Crippen LogP contribution is -2.44. The van der Waals surface area contributed by atoms with Crippen LogP contribution in [0.1, 0.15) is 66.2 Å². The molecule has 1 N–H and O–H groups in total. The molecule has 5 heteroatoms. The normalized spacial score (nSPS) is 26.1. The highest BCUT2D eigenvalue weighted by molar-refractivity contribution is 7.81. The molecule has 0 radical (unpaired) electrons. The van der Waals surface area contributed by atoms with Gasteiger partial charge in [-0.05, 0) is 65.8 Å². The van der Waals surface area contributed by atoms with Crippen LogP contribution in [-0.4, -0.2) is 36.2 Å². The fraction of sp³-hybridized carbons (Fsp3) is 0.944. The molecule has 1 saturated carbocycles. The van der Waals surface area contributed by atoms with Crippen LogP contribution in [0.4, 0.5) is 0 Å². The standard InChI is InChI=1S/C18H34BNO2S/c1-17(2,18(3,4)23)22-19-11-6-9-13-10-12-20-15(13)16(21)14-7-5-8-14/h13-15,19-20,23H,5-12H2,1-4H3. The molecule has 0 aromatic rings. The second-order valence-electron chi connectivity index (χ2n) is 8.42. The Labute approximate surface area is 148 Å². The Hall–Kier alpha value is 0.00494. The first-order chi connectivity index (χ1) is 10.7. The maximum absolute atomic E-state index is 12.5. The smallest absolute Gasteiger partial charge is 0.275 e. The van der Waals surface area contributed by atoms with E-state index in [1.54, 1.807) is 0 Å². The highest BCUT2D eigenvalue weighted by Crippen LogP contribution is 2.33. The Bertz CT molecular complexity index is 404. The third kappa shape index (κ3) is 4.99. The zero-order valence-electron chi connectivity index (χ0n) is 15.4. The molecular formula is C18H34BNO2S. The number of ketones is 1. The van der Waals surface area contributed by atoms with Crippen molar-refractivity contribution in [3.05, 3.63) is 0 Å². The van der Waals surface area contributed by atoms with E-state index < -0.39 is 0 Å². The predicted molar refractivity (Wildman–Crippen MR) is 102 cm³/mol. The Kier molecular flexibility index (Phi) is 6.66. The van der Waals surface area contributed by atoms with Crippen molar-refractivity contribution >= 4 is 25.9 Å². The Morgan fingerprint density at radius 2 is 1.96 bits per heavy atom. The van der Waals surface area contributed by atoms with Gasteiger partial charge in [0.25, 0.3) is 7.48 Å². The van der Waals surface area contributed by atoms with Gasteiger partial charge in [0.05, 0.1) is 11.6 Å². The molecule has 1 aliphatic heterocycles. The summed E-state index contributed by atoms with van der Waals surface area (Å²) < 4.78 is 5.89. The van der Waals surface area contributed by atoms with Crippen LogP contribution in [0.15, 0.2) is 0 Å². The van der Waals surface area contributed by atoms with E-state index >= 15 is 0 Å². The van der Waals surface area contributed by atoms with E-state index in [9.17, 15) is 4.79 Å². The van der Waals surface area contributed by atoms with Crippen molar-refractivity contribution in [1.82, 2.24) is 5.32 Å². The molecular weight excluding hydrogens is 305 g/mol. The van der Waals surface area contributed by atoms with Crippen molar-refractivity contribution in [2.75, 3.05) is 6.54 Å². The van der Waals surface area contributed by atoms with Gasteiger partial charge in [0.1, 0.15) is 0 Å². The zero-order valence-corrected chi connectivity index (χ0v) is 16.3. The van der Waals surface area contributed by atoms with Gasteiger partial charge in [-0.3, -0.25) is 4.79 Å². The quantitative estimate of drug-likeness (QED) is 0.384. The summed E-state index contributed by atoms with van der Waals surface area (Å²) in [6, 6.07) is 0.133. The third-order valence-electron chi connectivity index (χ3n) is 6.07. The van der Waals surface area contributed by atoms with Crippen LogP contribution in [0.3, 0.4) is 0 Å². The molecule has 1 saturated heterocycles. The van der Waals surface area contributed by atoms with Gasteiger partial charge in [0, 0.05) is 10.7 Å². The number of carbonyl (C=O) groups is 1. The molecule has 23 heavy (non-hydrogen) atoms. The average molecular weight is 339 g/mol. The van der Waals surface area contributed by atoms with Crippen LogP contribution < -0.4 is 5.32 Å². The first kappa shape index (κ1) is 19.3. The zero-order chi connectivity index (χ0) is 17.1. The lowest BCUT2D eigenvalue weighted by molar-refractivity contribution is -0.127. The second-order valence-corrected chi connectivity index (χ2v) is 9.54. The molecule has 3 nitrogen and oxygen atoms in total. The molecule has 0 spiro atoms. The molecule has 2 unspecified atom stereocenters. The highest BCUT2D eigenvalue weighted by atomic mass is 32.1. The van der Waals surface area contributed by atoms with E-state index in [0.717, 1.165) is 52.5 Å². The molecule has 1 heterocycles. The molecule has 132 valence electrons. The monoisotopic (exact) mass is 339 g/mol. The van der Waals surface area contributed by atoms with Crippen LogP contribution in [-0.2, 0) is 9.45 Å². The van der Waals surface area contributed by atoms with Crippen LogP contribution in [0.25, 0.3) is 0 Å². The van der Waals surface area contributed by atoms with Gasteiger partial charge in [-0.1, -0.05) is 19.2 Å². The topological polar surface area (TPSA) is 38.3 Å². The van der Waals surface area contributed by atoms with E-state index in [4.69, 9.17) is 4.65 Å². The summed E-state index contributed by atoms with van der Waals surface area (Å²) in [4.78, 5) is 12.5. The molecule has 0 amide bonds. The van der Waals surface area contributed by atoms with Crippen molar-refractivity contribution in [2.45, 2.75) is 88.9 Å². The molecule has 2 atom stereocenters. The van der Waals surface area contributed by atoms with E-state index in [1.165, 1.54) is 6.42 Å². The molecule has 0 bridgehead atoms. The number of Topliss-reactive ketones (excluding diaryl/α,β-unsaturated/α-hetero) is 1. The van der Waals surface area contributed by atoms with Crippen LogP contribution in [0.2, 0.25) is 6.32 Å². The van der Waals surface area contributed by atoms with Gasteiger partial charge in [0.15, 0.2) is 5.78 Å². The Morgan fingerprint density at radius 1 is 1.26 bits per heavy atom. The minimum Gasteiger partial charge on any atom is -0.433 e. The summed E-state index contributed by atoms with van der Waals surface area (Å²) in [7, 11) is 0.776. The summed E-state index contributed by atoms with van der Waals surface area (Å²) in [6.07, 6.45) is 7.97. The van der Waals surface area contributed by atoms with Gasteiger partial charge in [0.2, 0.25) is 0 Å². The fourth-order valence-corrected chi connectivity index (χ4v) is 3.43. The number of nitrogens with one attached hydrogen (secondary N) is 1. The van der Waals surface area contributed by atoms with Gasteiger partial charge in [-0.25, -0.2) is 0 Å². The number of rotatable bonds is 9. The lowest BCUT2D eigenvalue weighted by atomic mass is 9.76. The SMILES string of the molecule is CC(C)(S)C(C)(C)OBCCCC1CCNC1C(=O)C1CCC1. The summed E-state index contributed by atoms with van der Waals surface area (Å²) >= 11 is 4.63. The summed E-state index contributed by atoms with van der Waals surface area (Å²) in [6.45, 7) is 9.40. The van der Waals surface area contributed by atoms with E-state index in [2.05, 4.69) is 45.6 Å². The molecule has 0 aromatic heterocycles. The van der Waals surface area contributed by atoms with Gasteiger partial charge >= 0.3 is 0 Å². The average Bonchev–Trinajstić information content (AvgIpc) is 2.83. The van der Waals surface area contributed by atoms with Crippen molar-refractivity contribution < 1.29 is 9.45 Å². The van der Waals surface area contributed by atoms with Crippen LogP contribution in [0.5, 0.6) is 0 Å². The first-order valence-corrected chi connectivity index (χ1v) is 9.80. The number of hydrogen-bond acceptors (Lipinski definition) is 4. The van der Waals surface area contributed by atoms with Crippen LogP contribution in [0, 0.1) is 11.8 Å². The fourth-order valence-electron chi connectivity index (χ4n) is 3.36. The van der Waals surface area contributed by atoms with Crippen molar-refractivity contribution in [1.29, 1.82) is 0 Å². The van der Waals surface area contributed by atoms with Crippen molar-refractivity contribution in [3.8, 4) is 0 Å². The van der Waals surface area contributed by atoms with E-state index in [1.807, 2.05) is 0 Å². The molecule has 2 fully saturated rings. The Morgan fingerprint density at radius 3 is 2.52 bits per heavy atom. The first-order valence-electron chi connectivity index (χ1n) is 9.36. The predicted octanol–water partition coefficient (Wildman–Crippen LogP) is 3.39. The largest absolute Gasteiger partial charge is 0.433 e. The highest BCUT2D eigenvalue weighted by Gasteiger charge is 2.38. The minimum atomic E-state index is -0.228. The van der Waals surface area contributed by atoms with Crippen molar-refractivity contribution in [2.24, 2.45) is 11.8 Å². The number of hydrogen-bond donors (Lipinski definition) is 2. The number of carbonyl (C=O) groups excluding carboxylic acids is 1. The van der Waals surface area contributed by atoms with E-state index in [0.29, 0.717) is 17.6 Å². The van der Waals surface area contributed by atoms with Crippen LogP contribution >= 0.6 is 12.6 Å². The summed E-state index contributed by atoms with van der Waals surface area (Å²) in [5.41, 5.74) is -0.228. The third-order valence-corrected chi connectivity index (χ3v) is 6.61. The minimum absolute atomic E-state index is 0.133. The maximum Gasteiger partial charge on any atom is 0.275 e. The van der Waals surface area contributed by atoms with Gasteiger partial charge in [-0.15, -0.1) is 0 Å². The molecule has 2 aliphatic rings. The Balaban J connectivity index is 1.66. The van der Waals surface area contributed by atoms with Gasteiger partial charge < -0.3 is 9.97 Å². The summed E-state index contributed by atoms with van der Waals surface area (Å²) in [5.74, 6) is 1.39.